The highest BCUT2D eigenvalue weighted by molar-refractivity contribution is 4.92. The standard InChI is InChI=1S/C16H30N2/c1-2-15(13-17-14-5-6-14)18-11-9-16(10-12-18)7-3-4-8-16/h14-15,17H,2-13H2,1H3. The largest absolute Gasteiger partial charge is 0.312 e. The predicted molar refractivity (Wildman–Crippen MR) is 76.8 cm³/mol. The summed E-state index contributed by atoms with van der Waals surface area (Å²) in [5.41, 5.74) is 0.777. The van der Waals surface area contributed by atoms with Crippen molar-refractivity contribution < 1.29 is 0 Å². The third kappa shape index (κ3) is 2.91. The van der Waals surface area contributed by atoms with Crippen LogP contribution < -0.4 is 5.32 Å². The second-order valence-corrected chi connectivity index (χ2v) is 6.99. The smallest absolute Gasteiger partial charge is 0.0218 e. The van der Waals surface area contributed by atoms with E-state index in [0.29, 0.717) is 0 Å². The molecule has 2 saturated carbocycles. The number of nitrogens with zero attached hydrogens (tertiary/aromatic N) is 1. The van der Waals surface area contributed by atoms with Gasteiger partial charge in [0.15, 0.2) is 0 Å². The highest BCUT2D eigenvalue weighted by Crippen LogP contribution is 2.46. The van der Waals surface area contributed by atoms with E-state index in [1.807, 2.05) is 0 Å². The zero-order valence-corrected chi connectivity index (χ0v) is 12.1. The van der Waals surface area contributed by atoms with Crippen LogP contribution in [-0.4, -0.2) is 36.6 Å². The SMILES string of the molecule is CCC(CNC1CC1)N1CCC2(CCCC2)CC1. The fraction of sp³-hybridized carbons (Fsp3) is 1.00. The van der Waals surface area contributed by atoms with Gasteiger partial charge in [0.1, 0.15) is 0 Å². The number of piperidine rings is 1. The average molecular weight is 250 g/mol. The minimum atomic E-state index is 0.777. The minimum Gasteiger partial charge on any atom is -0.312 e. The second-order valence-electron chi connectivity index (χ2n) is 6.99. The number of rotatable bonds is 5. The Balaban J connectivity index is 1.47. The van der Waals surface area contributed by atoms with Crippen molar-refractivity contribution in [3.63, 3.8) is 0 Å². The molecule has 3 aliphatic rings. The molecule has 104 valence electrons. The summed E-state index contributed by atoms with van der Waals surface area (Å²) >= 11 is 0. The molecule has 1 unspecified atom stereocenters. The molecule has 1 heterocycles. The van der Waals surface area contributed by atoms with Gasteiger partial charge in [-0.25, -0.2) is 0 Å². The fourth-order valence-corrected chi connectivity index (χ4v) is 4.11. The Bertz CT molecular complexity index is 256. The minimum absolute atomic E-state index is 0.777. The summed E-state index contributed by atoms with van der Waals surface area (Å²) in [5, 5.41) is 3.72. The lowest BCUT2D eigenvalue weighted by atomic mass is 9.76. The summed E-state index contributed by atoms with van der Waals surface area (Å²) in [5.74, 6) is 0. The second kappa shape index (κ2) is 5.50. The Kier molecular flexibility index (Phi) is 3.95. The van der Waals surface area contributed by atoms with Crippen molar-refractivity contribution in [3.05, 3.63) is 0 Å². The molecule has 0 bridgehead atoms. The topological polar surface area (TPSA) is 15.3 Å². The summed E-state index contributed by atoms with van der Waals surface area (Å²) in [4.78, 5) is 2.78. The molecule has 1 aliphatic heterocycles. The van der Waals surface area contributed by atoms with Crippen molar-refractivity contribution in [2.24, 2.45) is 5.41 Å². The Morgan fingerprint density at radius 3 is 2.33 bits per heavy atom. The Morgan fingerprint density at radius 2 is 1.78 bits per heavy atom. The summed E-state index contributed by atoms with van der Waals surface area (Å²) in [6.07, 6.45) is 13.2. The van der Waals surface area contributed by atoms with Crippen molar-refractivity contribution in [3.8, 4) is 0 Å². The van der Waals surface area contributed by atoms with Crippen molar-refractivity contribution in [2.45, 2.75) is 76.8 Å². The van der Waals surface area contributed by atoms with Crippen LogP contribution in [0, 0.1) is 5.41 Å². The quantitative estimate of drug-likeness (QED) is 0.806. The monoisotopic (exact) mass is 250 g/mol. The van der Waals surface area contributed by atoms with Crippen molar-refractivity contribution in [1.82, 2.24) is 10.2 Å². The maximum Gasteiger partial charge on any atom is 0.0218 e. The maximum absolute atomic E-state index is 3.72. The molecule has 0 amide bonds. The zero-order chi connectivity index (χ0) is 12.4. The third-order valence-electron chi connectivity index (χ3n) is 5.73. The Labute approximate surface area is 113 Å². The first-order chi connectivity index (χ1) is 8.81. The molecule has 0 aromatic heterocycles. The number of hydrogen-bond donors (Lipinski definition) is 1. The molecule has 2 aliphatic carbocycles. The van der Waals surface area contributed by atoms with E-state index in [0.717, 1.165) is 17.5 Å². The van der Waals surface area contributed by atoms with E-state index >= 15 is 0 Å². The third-order valence-corrected chi connectivity index (χ3v) is 5.73. The molecule has 3 rings (SSSR count). The van der Waals surface area contributed by atoms with E-state index in [1.54, 1.807) is 0 Å². The molecule has 1 saturated heterocycles. The van der Waals surface area contributed by atoms with Gasteiger partial charge >= 0.3 is 0 Å². The van der Waals surface area contributed by atoms with Crippen molar-refractivity contribution in [2.75, 3.05) is 19.6 Å². The van der Waals surface area contributed by atoms with Crippen LogP contribution in [-0.2, 0) is 0 Å². The molecule has 0 radical (unpaired) electrons. The van der Waals surface area contributed by atoms with E-state index in [9.17, 15) is 0 Å². The highest BCUT2D eigenvalue weighted by atomic mass is 15.2. The molecule has 1 atom stereocenters. The van der Waals surface area contributed by atoms with Gasteiger partial charge in [-0.3, -0.25) is 4.90 Å². The molecule has 0 aromatic rings. The van der Waals surface area contributed by atoms with Crippen LogP contribution in [0.1, 0.15) is 64.7 Å². The molecular weight excluding hydrogens is 220 g/mol. The highest BCUT2D eigenvalue weighted by Gasteiger charge is 2.38. The van der Waals surface area contributed by atoms with Gasteiger partial charge < -0.3 is 5.32 Å². The van der Waals surface area contributed by atoms with Gasteiger partial charge in [-0.15, -0.1) is 0 Å². The van der Waals surface area contributed by atoms with Crippen LogP contribution in [0.5, 0.6) is 0 Å². The van der Waals surface area contributed by atoms with Crippen molar-refractivity contribution in [1.29, 1.82) is 0 Å². The van der Waals surface area contributed by atoms with Gasteiger partial charge in [-0.05, 0) is 63.5 Å². The maximum atomic E-state index is 3.72. The van der Waals surface area contributed by atoms with E-state index in [1.165, 1.54) is 77.4 Å². The van der Waals surface area contributed by atoms with Crippen LogP contribution in [0.3, 0.4) is 0 Å². The fourth-order valence-electron chi connectivity index (χ4n) is 4.11. The predicted octanol–water partition coefficient (Wildman–Crippen LogP) is 3.17. The average Bonchev–Trinajstić information content (AvgIpc) is 3.13. The van der Waals surface area contributed by atoms with Gasteiger partial charge in [-0.2, -0.15) is 0 Å². The van der Waals surface area contributed by atoms with Gasteiger partial charge in [0, 0.05) is 18.6 Å². The number of nitrogens with one attached hydrogen (secondary N) is 1. The molecule has 18 heavy (non-hydrogen) atoms. The summed E-state index contributed by atoms with van der Waals surface area (Å²) in [6, 6.07) is 1.66. The lowest BCUT2D eigenvalue weighted by molar-refractivity contribution is 0.0737. The van der Waals surface area contributed by atoms with Crippen LogP contribution in [0.2, 0.25) is 0 Å². The van der Waals surface area contributed by atoms with Gasteiger partial charge in [-0.1, -0.05) is 19.8 Å². The number of likely N-dealkylation sites (tertiary alicyclic amines) is 1. The van der Waals surface area contributed by atoms with Crippen LogP contribution >= 0.6 is 0 Å². The van der Waals surface area contributed by atoms with Gasteiger partial charge in [0.2, 0.25) is 0 Å². The number of hydrogen-bond acceptors (Lipinski definition) is 2. The molecule has 0 aromatic carbocycles. The molecule has 1 N–H and O–H groups in total. The van der Waals surface area contributed by atoms with E-state index < -0.39 is 0 Å². The molecule has 2 nitrogen and oxygen atoms in total. The first-order valence-corrected chi connectivity index (χ1v) is 8.29. The van der Waals surface area contributed by atoms with Crippen LogP contribution in [0.25, 0.3) is 0 Å². The van der Waals surface area contributed by atoms with Gasteiger partial charge in [0.05, 0.1) is 0 Å². The van der Waals surface area contributed by atoms with E-state index in [2.05, 4.69) is 17.1 Å². The van der Waals surface area contributed by atoms with E-state index in [4.69, 9.17) is 0 Å². The summed E-state index contributed by atoms with van der Waals surface area (Å²) in [6.45, 7) is 6.32. The lowest BCUT2D eigenvalue weighted by Crippen LogP contribution is -2.48. The molecule has 2 heteroatoms. The summed E-state index contributed by atoms with van der Waals surface area (Å²) in [7, 11) is 0. The molecular formula is C16H30N2. The summed E-state index contributed by atoms with van der Waals surface area (Å²) < 4.78 is 0. The van der Waals surface area contributed by atoms with Crippen LogP contribution in [0.4, 0.5) is 0 Å². The zero-order valence-electron chi connectivity index (χ0n) is 12.1. The molecule has 3 fully saturated rings. The molecule has 1 spiro atoms. The Hall–Kier alpha value is -0.0800. The first-order valence-electron chi connectivity index (χ1n) is 8.29. The first kappa shape index (κ1) is 12.9. The van der Waals surface area contributed by atoms with Crippen molar-refractivity contribution >= 4 is 0 Å². The lowest BCUT2D eigenvalue weighted by Gasteiger charge is -2.42. The van der Waals surface area contributed by atoms with Gasteiger partial charge in [0.25, 0.3) is 0 Å². The van der Waals surface area contributed by atoms with E-state index in [-0.39, 0.29) is 0 Å². The van der Waals surface area contributed by atoms with Crippen LogP contribution in [0.15, 0.2) is 0 Å². The normalized spacial score (nSPS) is 29.8. The Morgan fingerprint density at radius 1 is 1.11 bits per heavy atom.